The highest BCUT2D eigenvalue weighted by molar-refractivity contribution is 5.57. The van der Waals surface area contributed by atoms with Crippen molar-refractivity contribution in [2.45, 2.75) is 25.9 Å². The second kappa shape index (κ2) is 5.42. The van der Waals surface area contributed by atoms with E-state index >= 15 is 0 Å². The van der Waals surface area contributed by atoms with Gasteiger partial charge in [-0.3, -0.25) is 0 Å². The van der Waals surface area contributed by atoms with Crippen molar-refractivity contribution >= 4 is 11.5 Å². The second-order valence-electron chi connectivity index (χ2n) is 5.55. The van der Waals surface area contributed by atoms with Crippen molar-refractivity contribution in [1.29, 1.82) is 0 Å². The Morgan fingerprint density at radius 2 is 2.30 bits per heavy atom. The predicted octanol–water partition coefficient (Wildman–Crippen LogP) is 1.26. The van der Waals surface area contributed by atoms with Gasteiger partial charge in [-0.25, -0.2) is 4.98 Å². The first-order valence-corrected chi connectivity index (χ1v) is 7.24. The van der Waals surface area contributed by atoms with Crippen LogP contribution in [-0.4, -0.2) is 40.7 Å². The maximum atomic E-state index is 9.67. The van der Waals surface area contributed by atoms with Crippen LogP contribution >= 0.6 is 0 Å². The van der Waals surface area contributed by atoms with Gasteiger partial charge < -0.3 is 19.7 Å². The summed E-state index contributed by atoms with van der Waals surface area (Å²) in [5.74, 6) is 1.51. The third-order valence-corrected chi connectivity index (χ3v) is 4.29. The van der Waals surface area contributed by atoms with E-state index in [1.165, 1.54) is 0 Å². The van der Waals surface area contributed by atoms with Gasteiger partial charge in [0.2, 0.25) is 0 Å². The first-order valence-electron chi connectivity index (χ1n) is 7.24. The van der Waals surface area contributed by atoms with Crippen molar-refractivity contribution in [3.8, 4) is 0 Å². The quantitative estimate of drug-likeness (QED) is 0.881. The molecule has 0 aliphatic carbocycles. The van der Waals surface area contributed by atoms with Crippen molar-refractivity contribution < 1.29 is 5.11 Å². The van der Waals surface area contributed by atoms with Crippen molar-refractivity contribution in [3.05, 3.63) is 30.1 Å². The normalized spacial score (nSPS) is 22.9. The van der Waals surface area contributed by atoms with Crippen LogP contribution < -0.4 is 10.2 Å². The van der Waals surface area contributed by atoms with Gasteiger partial charge in [0.05, 0.1) is 18.3 Å². The van der Waals surface area contributed by atoms with E-state index in [9.17, 15) is 5.11 Å². The van der Waals surface area contributed by atoms with E-state index in [-0.39, 0.29) is 12.6 Å². The summed E-state index contributed by atoms with van der Waals surface area (Å²) in [5.41, 5.74) is 2.12. The van der Waals surface area contributed by atoms with E-state index in [1.54, 1.807) is 0 Å². The molecule has 2 N–H and O–H groups in total. The summed E-state index contributed by atoms with van der Waals surface area (Å²) in [6.07, 6.45) is 3.16. The Hall–Kier alpha value is -1.59. The fourth-order valence-corrected chi connectivity index (χ4v) is 3.15. The largest absolute Gasteiger partial charge is 0.394 e. The van der Waals surface area contributed by atoms with E-state index in [0.29, 0.717) is 5.92 Å². The highest BCUT2D eigenvalue weighted by atomic mass is 16.3. The minimum atomic E-state index is 0.176. The van der Waals surface area contributed by atoms with Crippen LogP contribution in [0, 0.1) is 5.92 Å². The molecule has 0 amide bonds. The zero-order valence-electron chi connectivity index (χ0n) is 12.1. The van der Waals surface area contributed by atoms with E-state index in [4.69, 9.17) is 4.98 Å². The molecular formula is C15H22N4O. The highest BCUT2D eigenvalue weighted by Gasteiger charge is 2.33. The summed E-state index contributed by atoms with van der Waals surface area (Å²) in [4.78, 5) is 7.05. The summed E-state index contributed by atoms with van der Waals surface area (Å²) < 4.78 is 2.13. The van der Waals surface area contributed by atoms with Gasteiger partial charge >= 0.3 is 0 Å². The Kier molecular flexibility index (Phi) is 3.63. The average Bonchev–Trinajstić information content (AvgIpc) is 3.00. The minimum absolute atomic E-state index is 0.176. The van der Waals surface area contributed by atoms with Gasteiger partial charge in [0, 0.05) is 19.3 Å². The Morgan fingerprint density at radius 1 is 1.45 bits per heavy atom. The monoisotopic (exact) mass is 274 g/mol. The Morgan fingerprint density at radius 3 is 3.05 bits per heavy atom. The first kappa shape index (κ1) is 13.4. The van der Waals surface area contributed by atoms with Crippen LogP contribution in [-0.2, 0) is 6.54 Å². The number of aliphatic hydroxyl groups excluding tert-OH is 1. The second-order valence-corrected chi connectivity index (χ2v) is 5.55. The minimum Gasteiger partial charge on any atom is -0.394 e. The molecule has 0 spiro atoms. The molecule has 20 heavy (non-hydrogen) atoms. The summed E-state index contributed by atoms with van der Waals surface area (Å²) in [7, 11) is 1.95. The van der Waals surface area contributed by atoms with E-state index < -0.39 is 0 Å². The zero-order chi connectivity index (χ0) is 14.1. The lowest BCUT2D eigenvalue weighted by Gasteiger charge is -2.26. The lowest BCUT2D eigenvalue weighted by Crippen LogP contribution is -2.36. The van der Waals surface area contributed by atoms with Crippen molar-refractivity contribution in [2.75, 3.05) is 25.1 Å². The van der Waals surface area contributed by atoms with Crippen LogP contribution in [0.2, 0.25) is 0 Å². The number of aromatic nitrogens is 2. The third-order valence-electron chi connectivity index (χ3n) is 4.29. The number of aliphatic hydroxyl groups is 1. The van der Waals surface area contributed by atoms with Gasteiger partial charge in [-0.1, -0.05) is 13.0 Å². The molecule has 2 unspecified atom stereocenters. The SMILES string of the molecule is CNCc1c(N2CCC(C)C2CO)nc2ccccn12. The molecular weight excluding hydrogens is 252 g/mol. The molecule has 0 bridgehead atoms. The maximum Gasteiger partial charge on any atom is 0.152 e. The van der Waals surface area contributed by atoms with E-state index in [0.717, 1.165) is 36.7 Å². The topological polar surface area (TPSA) is 52.8 Å². The van der Waals surface area contributed by atoms with E-state index in [2.05, 4.69) is 21.5 Å². The van der Waals surface area contributed by atoms with Gasteiger partial charge in [-0.05, 0) is 31.5 Å². The first-order chi connectivity index (χ1) is 9.76. The van der Waals surface area contributed by atoms with Gasteiger partial charge in [-0.15, -0.1) is 0 Å². The molecule has 0 radical (unpaired) electrons. The van der Waals surface area contributed by atoms with E-state index in [1.807, 2.05) is 31.4 Å². The molecule has 1 aliphatic heterocycles. The van der Waals surface area contributed by atoms with Gasteiger partial charge in [0.25, 0.3) is 0 Å². The van der Waals surface area contributed by atoms with Crippen molar-refractivity contribution in [2.24, 2.45) is 5.92 Å². The molecule has 5 nitrogen and oxygen atoms in total. The number of anilines is 1. The fourth-order valence-electron chi connectivity index (χ4n) is 3.15. The van der Waals surface area contributed by atoms with Crippen LogP contribution in [0.15, 0.2) is 24.4 Å². The Labute approximate surface area is 119 Å². The van der Waals surface area contributed by atoms with Gasteiger partial charge in [0.1, 0.15) is 5.65 Å². The number of hydrogen-bond donors (Lipinski definition) is 2. The average molecular weight is 274 g/mol. The molecule has 5 heteroatoms. The van der Waals surface area contributed by atoms with Crippen LogP contribution in [0.1, 0.15) is 19.0 Å². The number of pyridine rings is 1. The molecule has 0 saturated carbocycles. The lowest BCUT2D eigenvalue weighted by molar-refractivity contribution is 0.244. The molecule has 1 aliphatic rings. The standard InChI is InChI=1S/C15H22N4O/c1-11-6-8-19(13(11)10-20)15-12(9-16-2)18-7-4-3-5-14(18)17-15/h3-5,7,11,13,16,20H,6,8-10H2,1-2H3. The molecule has 2 atom stereocenters. The van der Waals surface area contributed by atoms with Gasteiger partial charge in [0.15, 0.2) is 5.82 Å². The third kappa shape index (κ3) is 2.07. The van der Waals surface area contributed by atoms with Crippen molar-refractivity contribution in [3.63, 3.8) is 0 Å². The summed E-state index contributed by atoms with van der Waals surface area (Å²) in [6, 6.07) is 6.23. The van der Waals surface area contributed by atoms with Crippen LogP contribution in [0.25, 0.3) is 5.65 Å². The highest BCUT2D eigenvalue weighted by Crippen LogP contribution is 2.31. The summed E-state index contributed by atoms with van der Waals surface area (Å²) in [5, 5.41) is 12.9. The van der Waals surface area contributed by atoms with Crippen LogP contribution in [0.4, 0.5) is 5.82 Å². The molecule has 2 aromatic heterocycles. The summed E-state index contributed by atoms with van der Waals surface area (Å²) in [6.45, 7) is 4.12. The molecule has 3 rings (SSSR count). The maximum absolute atomic E-state index is 9.67. The molecule has 0 aromatic carbocycles. The molecule has 2 aromatic rings. The molecule has 3 heterocycles. The molecule has 1 fully saturated rings. The summed E-state index contributed by atoms with van der Waals surface area (Å²) >= 11 is 0. The zero-order valence-corrected chi connectivity index (χ0v) is 12.1. The number of fused-ring (bicyclic) bond motifs is 1. The van der Waals surface area contributed by atoms with Crippen LogP contribution in [0.3, 0.4) is 0 Å². The number of imidazole rings is 1. The molecule has 108 valence electrons. The number of rotatable bonds is 4. The Bertz CT molecular complexity index is 595. The van der Waals surface area contributed by atoms with Gasteiger partial charge in [-0.2, -0.15) is 0 Å². The number of nitrogens with one attached hydrogen (secondary N) is 1. The number of nitrogens with zero attached hydrogens (tertiary/aromatic N) is 3. The number of hydrogen-bond acceptors (Lipinski definition) is 4. The van der Waals surface area contributed by atoms with Crippen molar-refractivity contribution in [1.82, 2.24) is 14.7 Å². The predicted molar refractivity (Wildman–Crippen MR) is 80.0 cm³/mol. The smallest absolute Gasteiger partial charge is 0.152 e. The fraction of sp³-hybridized carbons (Fsp3) is 0.533. The Balaban J connectivity index is 2.08. The molecule has 1 saturated heterocycles. The lowest BCUT2D eigenvalue weighted by atomic mass is 10.0. The van der Waals surface area contributed by atoms with Crippen LogP contribution in [0.5, 0.6) is 0 Å².